The van der Waals surface area contributed by atoms with Crippen LogP contribution in [0.25, 0.3) is 0 Å². The summed E-state index contributed by atoms with van der Waals surface area (Å²) in [5.41, 5.74) is 3.63. The highest BCUT2D eigenvalue weighted by atomic mass is 127. The van der Waals surface area contributed by atoms with Gasteiger partial charge in [0.25, 0.3) is 0 Å². The normalized spacial score (nSPS) is 10.7. The summed E-state index contributed by atoms with van der Waals surface area (Å²) in [6, 6.07) is 16.5. The molecule has 0 aliphatic carbocycles. The summed E-state index contributed by atoms with van der Waals surface area (Å²) in [5, 5.41) is 6.58. The molecule has 0 saturated heterocycles. The van der Waals surface area contributed by atoms with E-state index in [2.05, 4.69) is 51.7 Å². The highest BCUT2D eigenvalue weighted by molar-refractivity contribution is 14.0. The van der Waals surface area contributed by atoms with Crippen molar-refractivity contribution in [3.05, 3.63) is 59.7 Å². The van der Waals surface area contributed by atoms with Crippen LogP contribution in [0.3, 0.4) is 0 Å². The van der Waals surface area contributed by atoms with E-state index in [0.29, 0.717) is 13.2 Å². The summed E-state index contributed by atoms with van der Waals surface area (Å²) in [6.45, 7) is 4.06. The second kappa shape index (κ2) is 11.6. The Morgan fingerprint density at radius 1 is 1.08 bits per heavy atom. The maximum atomic E-state index is 5.71. The molecule has 2 aromatic carbocycles. The predicted molar refractivity (Wildman–Crippen MR) is 121 cm³/mol. The van der Waals surface area contributed by atoms with Crippen molar-refractivity contribution in [2.24, 2.45) is 4.99 Å². The van der Waals surface area contributed by atoms with Gasteiger partial charge in [-0.05, 0) is 36.8 Å². The van der Waals surface area contributed by atoms with Gasteiger partial charge < -0.3 is 20.3 Å². The minimum atomic E-state index is 0. The minimum Gasteiger partial charge on any atom is -0.492 e. The van der Waals surface area contributed by atoms with Crippen LogP contribution in [0, 0.1) is 6.92 Å². The molecule has 5 nitrogen and oxygen atoms in total. The van der Waals surface area contributed by atoms with Gasteiger partial charge in [0.1, 0.15) is 12.4 Å². The number of ether oxygens (including phenoxy) is 1. The maximum absolute atomic E-state index is 5.71. The van der Waals surface area contributed by atoms with E-state index in [1.165, 1.54) is 16.8 Å². The summed E-state index contributed by atoms with van der Waals surface area (Å²) in [7, 11) is 5.86. The molecule has 2 aromatic rings. The number of nitrogens with one attached hydrogen (secondary N) is 2. The lowest BCUT2D eigenvalue weighted by Gasteiger charge is -2.15. The summed E-state index contributed by atoms with van der Waals surface area (Å²) >= 11 is 0. The van der Waals surface area contributed by atoms with E-state index in [0.717, 1.165) is 18.3 Å². The van der Waals surface area contributed by atoms with Gasteiger partial charge in [-0.25, -0.2) is 0 Å². The molecule has 0 aliphatic rings. The highest BCUT2D eigenvalue weighted by Crippen LogP contribution is 2.13. The van der Waals surface area contributed by atoms with Crippen LogP contribution >= 0.6 is 24.0 Å². The molecule has 2 N–H and O–H groups in total. The summed E-state index contributed by atoms with van der Waals surface area (Å²) in [6.07, 6.45) is 0. The van der Waals surface area contributed by atoms with Gasteiger partial charge in [-0.15, -0.1) is 24.0 Å². The van der Waals surface area contributed by atoms with E-state index in [1.807, 2.05) is 38.4 Å². The fourth-order valence-electron chi connectivity index (χ4n) is 2.32. The fourth-order valence-corrected chi connectivity index (χ4v) is 2.32. The Labute approximate surface area is 173 Å². The van der Waals surface area contributed by atoms with Crippen molar-refractivity contribution >= 4 is 35.6 Å². The lowest BCUT2D eigenvalue weighted by molar-refractivity contribution is 0.322. The van der Waals surface area contributed by atoms with E-state index in [4.69, 9.17) is 4.74 Å². The van der Waals surface area contributed by atoms with Crippen molar-refractivity contribution in [1.29, 1.82) is 0 Å². The third-order valence-corrected chi connectivity index (χ3v) is 3.79. The molecule has 2 rings (SSSR count). The van der Waals surface area contributed by atoms with Crippen LogP contribution in [-0.2, 0) is 6.54 Å². The van der Waals surface area contributed by atoms with Gasteiger partial charge in [0.15, 0.2) is 5.96 Å². The number of nitrogens with zero attached hydrogens (tertiary/aromatic N) is 2. The minimum absolute atomic E-state index is 0. The van der Waals surface area contributed by atoms with Crippen LogP contribution in [0.2, 0.25) is 0 Å². The van der Waals surface area contributed by atoms with Gasteiger partial charge >= 0.3 is 0 Å². The number of benzene rings is 2. The van der Waals surface area contributed by atoms with E-state index in [9.17, 15) is 0 Å². The smallest absolute Gasteiger partial charge is 0.191 e. The molecular formula is C20H29IN4O. The second-order valence-electron chi connectivity index (χ2n) is 6.08. The van der Waals surface area contributed by atoms with Crippen molar-refractivity contribution in [3.8, 4) is 5.75 Å². The first-order valence-electron chi connectivity index (χ1n) is 8.49. The number of aliphatic imine (C=N–C) groups is 1. The molecule has 142 valence electrons. The molecule has 0 fully saturated rings. The third kappa shape index (κ3) is 7.51. The molecule has 0 spiro atoms. The zero-order valence-electron chi connectivity index (χ0n) is 16.0. The van der Waals surface area contributed by atoms with E-state index >= 15 is 0 Å². The maximum Gasteiger partial charge on any atom is 0.191 e. The van der Waals surface area contributed by atoms with Crippen LogP contribution < -0.4 is 20.3 Å². The van der Waals surface area contributed by atoms with Crippen LogP contribution in [0.5, 0.6) is 5.75 Å². The Balaban J connectivity index is 0.00000338. The topological polar surface area (TPSA) is 48.9 Å². The van der Waals surface area contributed by atoms with Gasteiger partial charge in [0.05, 0.1) is 6.54 Å². The number of guanidine groups is 1. The standard InChI is InChI=1S/C20H28N4O.HI/c1-16-8-10-19(11-9-16)25-13-12-22-20(21-2)23-15-17-6-5-7-18(14-17)24(3)4;/h5-11,14H,12-13,15H2,1-4H3,(H2,21,22,23);1H. The quantitative estimate of drug-likeness (QED) is 0.283. The molecular weight excluding hydrogens is 439 g/mol. The van der Waals surface area contributed by atoms with Gasteiger partial charge in [-0.2, -0.15) is 0 Å². The molecule has 0 amide bonds. The lowest BCUT2D eigenvalue weighted by Crippen LogP contribution is -2.38. The first-order chi connectivity index (χ1) is 12.1. The van der Waals surface area contributed by atoms with Crippen molar-refractivity contribution < 1.29 is 4.74 Å². The van der Waals surface area contributed by atoms with Gasteiger partial charge in [-0.3, -0.25) is 4.99 Å². The highest BCUT2D eigenvalue weighted by Gasteiger charge is 2.01. The van der Waals surface area contributed by atoms with Crippen molar-refractivity contribution in [1.82, 2.24) is 10.6 Å². The van der Waals surface area contributed by atoms with Crippen molar-refractivity contribution in [2.75, 3.05) is 39.2 Å². The molecule has 0 atom stereocenters. The molecule has 0 heterocycles. The Morgan fingerprint density at radius 2 is 1.81 bits per heavy atom. The third-order valence-electron chi connectivity index (χ3n) is 3.79. The molecule has 0 aliphatic heterocycles. The summed E-state index contributed by atoms with van der Waals surface area (Å²) < 4.78 is 5.71. The molecule has 6 heteroatoms. The fraction of sp³-hybridized carbons (Fsp3) is 0.350. The van der Waals surface area contributed by atoms with E-state index in [1.54, 1.807) is 7.05 Å². The van der Waals surface area contributed by atoms with Crippen molar-refractivity contribution in [3.63, 3.8) is 0 Å². The van der Waals surface area contributed by atoms with Crippen LogP contribution in [0.15, 0.2) is 53.5 Å². The predicted octanol–water partition coefficient (Wildman–Crippen LogP) is 3.42. The number of hydrogen-bond acceptors (Lipinski definition) is 3. The number of aryl methyl sites for hydroxylation is 1. The second-order valence-corrected chi connectivity index (χ2v) is 6.08. The Bertz CT molecular complexity index is 686. The van der Waals surface area contributed by atoms with Gasteiger partial charge in [0.2, 0.25) is 0 Å². The van der Waals surface area contributed by atoms with Crippen LogP contribution in [0.1, 0.15) is 11.1 Å². The first-order valence-corrected chi connectivity index (χ1v) is 8.49. The average molecular weight is 468 g/mol. The number of anilines is 1. The van der Waals surface area contributed by atoms with Crippen molar-refractivity contribution in [2.45, 2.75) is 13.5 Å². The van der Waals surface area contributed by atoms with E-state index in [-0.39, 0.29) is 24.0 Å². The molecule has 0 aromatic heterocycles. The number of hydrogen-bond donors (Lipinski definition) is 2. The monoisotopic (exact) mass is 468 g/mol. The lowest BCUT2D eigenvalue weighted by atomic mass is 10.2. The number of rotatable bonds is 7. The molecule has 0 bridgehead atoms. The SMILES string of the molecule is CN=C(NCCOc1ccc(C)cc1)NCc1cccc(N(C)C)c1.I. The first kappa shape index (κ1) is 22.1. The molecule has 26 heavy (non-hydrogen) atoms. The van der Waals surface area contributed by atoms with E-state index < -0.39 is 0 Å². The Kier molecular flexibility index (Phi) is 9.87. The zero-order chi connectivity index (χ0) is 18.1. The molecule has 0 unspecified atom stereocenters. The largest absolute Gasteiger partial charge is 0.492 e. The summed E-state index contributed by atoms with van der Waals surface area (Å²) in [4.78, 5) is 6.34. The van der Waals surface area contributed by atoms with Gasteiger partial charge in [0, 0.05) is 33.4 Å². The Hall–Kier alpha value is -1.96. The molecule has 0 saturated carbocycles. The summed E-state index contributed by atoms with van der Waals surface area (Å²) in [5.74, 6) is 1.65. The van der Waals surface area contributed by atoms with Gasteiger partial charge in [-0.1, -0.05) is 29.8 Å². The zero-order valence-corrected chi connectivity index (χ0v) is 18.3. The van der Waals surface area contributed by atoms with Crippen LogP contribution in [0.4, 0.5) is 5.69 Å². The Morgan fingerprint density at radius 3 is 2.46 bits per heavy atom. The average Bonchev–Trinajstić information content (AvgIpc) is 2.63. The number of halogens is 1. The van der Waals surface area contributed by atoms with Crippen LogP contribution in [-0.4, -0.2) is 40.3 Å². The molecule has 0 radical (unpaired) electrons.